The highest BCUT2D eigenvalue weighted by Gasteiger charge is 2.19. The molecule has 0 aliphatic heterocycles. The van der Waals surface area contributed by atoms with Crippen LogP contribution >= 0.6 is 11.6 Å². The van der Waals surface area contributed by atoms with E-state index in [1.165, 1.54) is 13.8 Å². The number of hydrogen-bond donors (Lipinski definition) is 2. The highest BCUT2D eigenvalue weighted by atomic mass is 35.5. The number of phenols is 1. The van der Waals surface area contributed by atoms with Crippen LogP contribution in [0.15, 0.2) is 6.07 Å². The number of carbonyl (C=O) groups is 2. The fourth-order valence-electron chi connectivity index (χ4n) is 1.29. The Morgan fingerprint density at radius 3 is 2.27 bits per heavy atom. The van der Waals surface area contributed by atoms with Crippen molar-refractivity contribution in [1.82, 2.24) is 0 Å². The molecule has 0 aromatic heterocycles. The number of anilines is 1. The second-order valence-electron chi connectivity index (χ2n) is 3.16. The van der Waals surface area contributed by atoms with Gasteiger partial charge in [-0.25, -0.2) is 0 Å². The van der Waals surface area contributed by atoms with E-state index in [0.29, 0.717) is 0 Å². The number of aromatic hydroxyl groups is 1. The van der Waals surface area contributed by atoms with E-state index in [0.717, 1.165) is 6.07 Å². The lowest BCUT2D eigenvalue weighted by molar-refractivity contribution is 0.0999. The molecule has 0 unspecified atom stereocenters. The molecule has 0 atom stereocenters. The summed E-state index contributed by atoms with van der Waals surface area (Å²) in [6, 6.07) is 1.15. The summed E-state index contributed by atoms with van der Waals surface area (Å²) in [6.45, 7) is 2.56. The smallest absolute Gasteiger partial charge is 0.165 e. The molecule has 0 bridgehead atoms. The minimum atomic E-state index is -0.401. The molecule has 0 amide bonds. The van der Waals surface area contributed by atoms with Crippen molar-refractivity contribution in [1.29, 1.82) is 0 Å². The van der Waals surface area contributed by atoms with E-state index in [1.807, 2.05) is 0 Å². The van der Waals surface area contributed by atoms with Crippen LogP contribution < -0.4 is 5.73 Å². The summed E-state index contributed by atoms with van der Waals surface area (Å²) in [7, 11) is 0. The Morgan fingerprint density at radius 1 is 1.33 bits per heavy atom. The summed E-state index contributed by atoms with van der Waals surface area (Å²) in [4.78, 5) is 22.3. The van der Waals surface area contributed by atoms with E-state index >= 15 is 0 Å². The minimum absolute atomic E-state index is 0.00509. The predicted octanol–water partition coefficient (Wildman–Crippen LogP) is 2.03. The number of nitrogens with two attached hydrogens (primary N) is 1. The van der Waals surface area contributed by atoms with E-state index < -0.39 is 5.78 Å². The SMILES string of the molecule is CC(=O)c1cc(O)c(C(C)=O)c(N)c1Cl. The van der Waals surface area contributed by atoms with Gasteiger partial charge in [-0.15, -0.1) is 0 Å². The normalized spacial score (nSPS) is 10.1. The van der Waals surface area contributed by atoms with Gasteiger partial charge in [0, 0.05) is 5.56 Å². The zero-order valence-electron chi connectivity index (χ0n) is 8.30. The summed E-state index contributed by atoms with van der Waals surface area (Å²) in [5.74, 6) is -1.05. The first-order valence-corrected chi connectivity index (χ1v) is 4.56. The maximum Gasteiger partial charge on any atom is 0.165 e. The van der Waals surface area contributed by atoms with Gasteiger partial charge in [0.15, 0.2) is 11.6 Å². The molecule has 0 saturated heterocycles. The number of ketones is 2. The lowest BCUT2D eigenvalue weighted by atomic mass is 10.0. The maximum atomic E-state index is 11.1. The summed E-state index contributed by atoms with van der Waals surface area (Å²) in [5.41, 5.74) is 5.55. The number of benzene rings is 1. The van der Waals surface area contributed by atoms with E-state index in [2.05, 4.69) is 0 Å². The average molecular weight is 228 g/mol. The quantitative estimate of drug-likeness (QED) is 0.598. The van der Waals surface area contributed by atoms with Crippen molar-refractivity contribution in [3.8, 4) is 5.75 Å². The Kier molecular flexibility index (Phi) is 3.00. The topological polar surface area (TPSA) is 80.4 Å². The van der Waals surface area contributed by atoms with E-state index in [-0.39, 0.29) is 33.4 Å². The third-order valence-corrected chi connectivity index (χ3v) is 2.42. The molecule has 4 nitrogen and oxygen atoms in total. The molecule has 5 heteroatoms. The molecule has 80 valence electrons. The molecule has 1 aromatic rings. The van der Waals surface area contributed by atoms with Gasteiger partial charge in [-0.3, -0.25) is 9.59 Å². The number of carbonyl (C=O) groups excluding carboxylic acids is 2. The van der Waals surface area contributed by atoms with Gasteiger partial charge in [-0.05, 0) is 19.9 Å². The summed E-state index contributed by atoms with van der Waals surface area (Å²) >= 11 is 5.80. The van der Waals surface area contributed by atoms with Gasteiger partial charge in [0.05, 0.1) is 16.3 Å². The van der Waals surface area contributed by atoms with Crippen LogP contribution in [0.3, 0.4) is 0 Å². The number of hydrogen-bond acceptors (Lipinski definition) is 4. The lowest BCUT2D eigenvalue weighted by Crippen LogP contribution is -2.05. The van der Waals surface area contributed by atoms with E-state index in [4.69, 9.17) is 17.3 Å². The predicted molar refractivity (Wildman–Crippen MR) is 57.5 cm³/mol. The third-order valence-electron chi connectivity index (χ3n) is 2.01. The van der Waals surface area contributed by atoms with Crippen LogP contribution in [0.2, 0.25) is 5.02 Å². The van der Waals surface area contributed by atoms with Crippen molar-refractivity contribution >= 4 is 28.9 Å². The molecule has 1 aromatic carbocycles. The molecule has 0 saturated carbocycles. The largest absolute Gasteiger partial charge is 0.507 e. The Balaban J connectivity index is 3.58. The zero-order valence-corrected chi connectivity index (χ0v) is 9.05. The van der Waals surface area contributed by atoms with Crippen molar-refractivity contribution < 1.29 is 14.7 Å². The van der Waals surface area contributed by atoms with Gasteiger partial charge < -0.3 is 10.8 Å². The van der Waals surface area contributed by atoms with E-state index in [1.54, 1.807) is 0 Å². The average Bonchev–Trinajstić information content (AvgIpc) is 2.10. The van der Waals surface area contributed by atoms with Crippen molar-refractivity contribution in [3.05, 3.63) is 22.2 Å². The van der Waals surface area contributed by atoms with Crippen LogP contribution in [0.5, 0.6) is 5.75 Å². The van der Waals surface area contributed by atoms with Gasteiger partial charge in [0.2, 0.25) is 0 Å². The number of Topliss-reactive ketones (excluding diaryl/α,β-unsaturated/α-hetero) is 2. The van der Waals surface area contributed by atoms with Crippen molar-refractivity contribution in [3.63, 3.8) is 0 Å². The van der Waals surface area contributed by atoms with Crippen LogP contribution in [-0.2, 0) is 0 Å². The van der Waals surface area contributed by atoms with Gasteiger partial charge in [0.1, 0.15) is 5.75 Å². The molecule has 3 N–H and O–H groups in total. The first-order valence-electron chi connectivity index (χ1n) is 4.19. The van der Waals surface area contributed by atoms with Gasteiger partial charge in [-0.1, -0.05) is 11.6 Å². The molecule has 0 aliphatic rings. The first-order chi connectivity index (χ1) is 6.86. The molecular formula is C10H10ClNO3. The van der Waals surface area contributed by atoms with Crippen LogP contribution in [-0.4, -0.2) is 16.7 Å². The maximum absolute atomic E-state index is 11.1. The highest BCUT2D eigenvalue weighted by molar-refractivity contribution is 6.37. The second-order valence-corrected chi connectivity index (χ2v) is 3.54. The fraction of sp³-hybridized carbons (Fsp3) is 0.200. The second kappa shape index (κ2) is 3.90. The third kappa shape index (κ3) is 1.94. The van der Waals surface area contributed by atoms with Gasteiger partial charge in [0.25, 0.3) is 0 Å². The van der Waals surface area contributed by atoms with Gasteiger partial charge >= 0.3 is 0 Å². The molecule has 0 fully saturated rings. The molecule has 0 spiro atoms. The Bertz CT molecular complexity index is 454. The summed E-state index contributed by atoms with van der Waals surface area (Å²) < 4.78 is 0. The van der Waals surface area contributed by atoms with Crippen LogP contribution in [0.1, 0.15) is 34.6 Å². The summed E-state index contributed by atoms with van der Waals surface area (Å²) in [6.07, 6.45) is 0. The molecule has 0 radical (unpaired) electrons. The monoisotopic (exact) mass is 227 g/mol. The summed E-state index contributed by atoms with van der Waals surface area (Å²) in [5, 5.41) is 9.51. The number of rotatable bonds is 2. The van der Waals surface area contributed by atoms with Crippen LogP contribution in [0, 0.1) is 0 Å². The minimum Gasteiger partial charge on any atom is -0.507 e. The van der Waals surface area contributed by atoms with Gasteiger partial charge in [-0.2, -0.15) is 0 Å². The van der Waals surface area contributed by atoms with E-state index in [9.17, 15) is 14.7 Å². The van der Waals surface area contributed by atoms with Crippen molar-refractivity contribution in [2.75, 3.05) is 5.73 Å². The molecule has 1 rings (SSSR count). The Morgan fingerprint density at radius 2 is 1.87 bits per heavy atom. The molecular weight excluding hydrogens is 218 g/mol. The number of halogens is 1. The first kappa shape index (κ1) is 11.5. The Labute approximate surface area is 91.7 Å². The Hall–Kier alpha value is -1.55. The van der Waals surface area contributed by atoms with Crippen LogP contribution in [0.4, 0.5) is 5.69 Å². The highest BCUT2D eigenvalue weighted by Crippen LogP contribution is 2.34. The molecule has 0 heterocycles. The fourth-order valence-corrected chi connectivity index (χ4v) is 1.57. The van der Waals surface area contributed by atoms with Crippen LogP contribution in [0.25, 0.3) is 0 Å². The number of phenolic OH excluding ortho intramolecular Hbond substituents is 1. The molecule has 0 aliphatic carbocycles. The lowest BCUT2D eigenvalue weighted by Gasteiger charge is -2.09. The molecule has 15 heavy (non-hydrogen) atoms. The van der Waals surface area contributed by atoms with Crippen molar-refractivity contribution in [2.24, 2.45) is 0 Å². The van der Waals surface area contributed by atoms with Crippen molar-refractivity contribution in [2.45, 2.75) is 13.8 Å². The zero-order chi connectivity index (χ0) is 11.7. The standard InChI is InChI=1S/C10H10ClNO3/c1-4(13)6-3-7(15)8(5(2)14)10(12)9(6)11/h3,15H,12H2,1-2H3. The number of nitrogen functional groups attached to an aromatic ring is 1.